The van der Waals surface area contributed by atoms with Gasteiger partial charge in [-0.05, 0) is 38.4 Å². The first-order valence-corrected chi connectivity index (χ1v) is 13.4. The van der Waals surface area contributed by atoms with Crippen LogP contribution in [0.2, 0.25) is 0 Å². The number of rotatable bonds is 12. The molecule has 17 heteroatoms. The minimum atomic E-state index is -4.47. The first-order valence-electron chi connectivity index (χ1n) is 11.8. The van der Waals surface area contributed by atoms with Crippen molar-refractivity contribution in [2.45, 2.75) is 63.4 Å². The fourth-order valence-electron chi connectivity index (χ4n) is 3.73. The van der Waals surface area contributed by atoms with Crippen molar-refractivity contribution in [1.29, 1.82) is 0 Å². The second kappa shape index (κ2) is 12.7. The summed E-state index contributed by atoms with van der Waals surface area (Å²) in [7, 11) is -4.47. The SMILES string of the molecule is CC(C)OC(=O)C(C)NP(=O)(OC[C@@]1(CN=[N+]=[N-])O[C@@H](N2C=CC(=O)NC2O)[C@H](F)[C@@H]1O)Oc1ccccc1. The highest BCUT2D eigenvalue weighted by Crippen LogP contribution is 2.47. The van der Waals surface area contributed by atoms with Gasteiger partial charge in [-0.15, -0.1) is 0 Å². The molecule has 2 aliphatic rings. The number of nitrogens with zero attached hydrogens (tertiary/aromatic N) is 4. The molecule has 1 saturated heterocycles. The number of aliphatic hydroxyl groups excluding tert-OH is 2. The predicted molar refractivity (Wildman–Crippen MR) is 132 cm³/mol. The van der Waals surface area contributed by atoms with Crippen molar-refractivity contribution in [3.8, 4) is 5.75 Å². The molecule has 1 fully saturated rings. The van der Waals surface area contributed by atoms with Gasteiger partial charge in [0.15, 0.2) is 12.4 Å². The summed E-state index contributed by atoms with van der Waals surface area (Å²) < 4.78 is 51.1. The van der Waals surface area contributed by atoms with Gasteiger partial charge in [0, 0.05) is 17.2 Å². The number of halogens is 1. The van der Waals surface area contributed by atoms with Crippen LogP contribution in [0, 0.1) is 0 Å². The molecule has 0 saturated carbocycles. The first-order chi connectivity index (χ1) is 18.4. The maximum Gasteiger partial charge on any atom is 0.459 e. The van der Waals surface area contributed by atoms with Crippen LogP contribution in [0.1, 0.15) is 20.8 Å². The number of nitrogens with one attached hydrogen (secondary N) is 2. The molecule has 39 heavy (non-hydrogen) atoms. The van der Waals surface area contributed by atoms with E-state index in [2.05, 4.69) is 20.4 Å². The number of para-hydroxylation sites is 1. The molecule has 0 spiro atoms. The maximum absolute atomic E-state index is 15.3. The quantitative estimate of drug-likeness (QED) is 0.0927. The maximum atomic E-state index is 15.3. The van der Waals surface area contributed by atoms with Crippen molar-refractivity contribution >= 4 is 19.6 Å². The monoisotopic (exact) mass is 572 g/mol. The van der Waals surface area contributed by atoms with Gasteiger partial charge in [0.25, 0.3) is 0 Å². The van der Waals surface area contributed by atoms with E-state index in [9.17, 15) is 24.4 Å². The van der Waals surface area contributed by atoms with Crippen LogP contribution >= 0.6 is 7.75 Å². The number of carbonyl (C=O) groups excluding carboxylic acids is 2. The molecular weight excluding hydrogens is 542 g/mol. The lowest BCUT2D eigenvalue weighted by molar-refractivity contribution is -0.169. The molecule has 15 nitrogen and oxygen atoms in total. The van der Waals surface area contributed by atoms with Crippen LogP contribution in [-0.4, -0.2) is 82.7 Å². The Morgan fingerprint density at radius 2 is 2.05 bits per heavy atom. The fraction of sp³-hybridized carbons (Fsp3) is 0.545. The molecule has 0 radical (unpaired) electrons. The minimum absolute atomic E-state index is 0.0910. The number of azide groups is 1. The molecular formula is C22H30FN6O9P. The normalized spacial score (nSPS) is 28.8. The van der Waals surface area contributed by atoms with Crippen LogP contribution in [0.3, 0.4) is 0 Å². The van der Waals surface area contributed by atoms with E-state index in [1.54, 1.807) is 32.0 Å². The smallest absolute Gasteiger partial charge is 0.459 e. The van der Waals surface area contributed by atoms with Gasteiger partial charge in [0.1, 0.15) is 23.5 Å². The number of hydrogen-bond acceptors (Lipinski definition) is 11. The van der Waals surface area contributed by atoms with Crippen molar-refractivity contribution in [1.82, 2.24) is 15.3 Å². The van der Waals surface area contributed by atoms with E-state index in [4.69, 9.17) is 24.1 Å². The summed E-state index contributed by atoms with van der Waals surface area (Å²) in [5.74, 6) is -1.32. The Balaban J connectivity index is 1.88. The third-order valence-corrected chi connectivity index (χ3v) is 7.24. The van der Waals surface area contributed by atoms with Crippen LogP contribution in [0.5, 0.6) is 5.75 Å². The van der Waals surface area contributed by atoms with Gasteiger partial charge in [0.2, 0.25) is 12.3 Å². The van der Waals surface area contributed by atoms with E-state index in [1.165, 1.54) is 19.1 Å². The summed E-state index contributed by atoms with van der Waals surface area (Å²) in [6.45, 7) is 3.08. The molecule has 0 bridgehead atoms. The number of alkyl halides is 1. The van der Waals surface area contributed by atoms with Gasteiger partial charge in [-0.25, -0.2) is 8.96 Å². The van der Waals surface area contributed by atoms with Gasteiger partial charge < -0.3 is 34.4 Å². The van der Waals surface area contributed by atoms with E-state index in [0.29, 0.717) is 0 Å². The van der Waals surface area contributed by atoms with E-state index in [1.807, 2.05) is 0 Å². The van der Waals surface area contributed by atoms with Crippen LogP contribution in [0.15, 0.2) is 47.7 Å². The second-order valence-electron chi connectivity index (χ2n) is 9.01. The van der Waals surface area contributed by atoms with Crippen LogP contribution in [0.25, 0.3) is 10.4 Å². The molecule has 2 heterocycles. The summed E-state index contributed by atoms with van der Waals surface area (Å²) in [5, 5.41) is 29.0. The van der Waals surface area contributed by atoms with Gasteiger partial charge in [-0.3, -0.25) is 14.1 Å². The van der Waals surface area contributed by atoms with Crippen molar-refractivity contribution in [3.63, 3.8) is 0 Å². The number of benzene rings is 1. The summed E-state index contributed by atoms with van der Waals surface area (Å²) in [4.78, 5) is 27.3. The molecule has 214 valence electrons. The second-order valence-corrected chi connectivity index (χ2v) is 10.7. The number of hydrogen-bond donors (Lipinski definition) is 4. The number of aliphatic hydroxyl groups is 2. The standard InChI is InChI=1S/C22H30FN6O9P/c1-13(2)36-20(32)14(3)27-39(34,38-15-7-5-4-6-8-15)35-12-22(11-25-28-24)18(31)17(23)19(37-22)29-10-9-16(30)26-21(29)33/h4-10,13-14,17-19,21,31,33H,11-12H2,1-3H3,(H,26,30)(H,27,34)/t14?,17-,18+,19-,21?,22-,39?/m1/s1. The minimum Gasteiger partial charge on any atom is -0.462 e. The van der Waals surface area contributed by atoms with Crippen molar-refractivity contribution < 1.29 is 47.3 Å². The average molecular weight is 572 g/mol. The lowest BCUT2D eigenvalue weighted by atomic mass is 9.97. The third kappa shape index (κ3) is 7.46. The topological polar surface area (TPSA) is 205 Å². The highest BCUT2D eigenvalue weighted by molar-refractivity contribution is 7.52. The zero-order valence-electron chi connectivity index (χ0n) is 21.3. The molecule has 1 aromatic carbocycles. The lowest BCUT2D eigenvalue weighted by Gasteiger charge is -2.36. The Morgan fingerprint density at radius 1 is 1.36 bits per heavy atom. The molecule has 7 atom stereocenters. The summed E-state index contributed by atoms with van der Waals surface area (Å²) in [5.41, 5.74) is 6.77. The van der Waals surface area contributed by atoms with Crippen molar-refractivity contribution in [3.05, 3.63) is 53.1 Å². The van der Waals surface area contributed by atoms with Gasteiger partial charge in [-0.2, -0.15) is 5.09 Å². The Kier molecular flexibility index (Phi) is 9.91. The van der Waals surface area contributed by atoms with Gasteiger partial charge >= 0.3 is 13.7 Å². The Labute approximate surface area is 223 Å². The zero-order valence-corrected chi connectivity index (χ0v) is 22.2. The molecule has 3 unspecified atom stereocenters. The lowest BCUT2D eigenvalue weighted by Crippen LogP contribution is -2.54. The van der Waals surface area contributed by atoms with E-state index >= 15 is 4.39 Å². The third-order valence-electron chi connectivity index (χ3n) is 5.62. The zero-order chi connectivity index (χ0) is 28.8. The fourth-order valence-corrected chi connectivity index (χ4v) is 5.28. The highest BCUT2D eigenvalue weighted by atomic mass is 31.2. The molecule has 1 aromatic rings. The highest BCUT2D eigenvalue weighted by Gasteiger charge is 2.58. The van der Waals surface area contributed by atoms with Crippen LogP contribution in [-0.2, 0) is 28.2 Å². The number of amides is 1. The number of carbonyl (C=O) groups is 2. The Bertz CT molecular complexity index is 1150. The summed E-state index contributed by atoms with van der Waals surface area (Å²) in [6.07, 6.45) is -6.00. The van der Waals surface area contributed by atoms with E-state index in [0.717, 1.165) is 17.2 Å². The predicted octanol–water partition coefficient (Wildman–Crippen LogP) is 1.45. The molecule has 0 aromatic heterocycles. The molecule has 4 N–H and O–H groups in total. The van der Waals surface area contributed by atoms with Gasteiger partial charge in [-0.1, -0.05) is 23.3 Å². The van der Waals surface area contributed by atoms with Crippen LogP contribution in [0.4, 0.5) is 4.39 Å². The average Bonchev–Trinajstić information content (AvgIpc) is 3.12. The van der Waals surface area contributed by atoms with Crippen molar-refractivity contribution in [2.24, 2.45) is 5.11 Å². The van der Waals surface area contributed by atoms with Crippen molar-refractivity contribution in [2.75, 3.05) is 13.2 Å². The molecule has 2 aliphatic heterocycles. The summed E-state index contributed by atoms with van der Waals surface area (Å²) in [6, 6.07) is 6.62. The Morgan fingerprint density at radius 3 is 2.67 bits per heavy atom. The largest absolute Gasteiger partial charge is 0.462 e. The summed E-state index contributed by atoms with van der Waals surface area (Å²) >= 11 is 0. The molecule has 0 aliphatic carbocycles. The van der Waals surface area contributed by atoms with E-state index < -0.39 is 75.4 Å². The number of ether oxygens (including phenoxy) is 2. The van der Waals surface area contributed by atoms with E-state index in [-0.39, 0.29) is 5.75 Å². The van der Waals surface area contributed by atoms with Crippen LogP contribution < -0.4 is 14.9 Å². The first kappa shape index (κ1) is 30.3. The molecule has 3 rings (SSSR count). The molecule has 1 amide bonds. The Hall–Kier alpha value is -3.23. The number of esters is 1. The van der Waals surface area contributed by atoms with Gasteiger partial charge in [0.05, 0.1) is 19.3 Å².